The average molecular weight is 401 g/mol. The Balaban J connectivity index is 1.85. The number of carbonyl (C=O) groups excluding carboxylic acids is 1. The average Bonchev–Trinajstić information content (AvgIpc) is 3.29. The third-order valence-corrected chi connectivity index (χ3v) is 5.70. The normalized spacial score (nSPS) is 15.9. The Morgan fingerprint density at radius 1 is 1.32 bits per heavy atom. The number of aromatic nitrogens is 2. The van der Waals surface area contributed by atoms with Gasteiger partial charge in [-0.2, -0.15) is 0 Å². The van der Waals surface area contributed by atoms with Gasteiger partial charge >= 0.3 is 5.97 Å². The number of imidazole rings is 1. The molecule has 1 aliphatic rings. The minimum atomic E-state index is -0.753. The monoisotopic (exact) mass is 400 g/mol. The van der Waals surface area contributed by atoms with E-state index in [1.54, 1.807) is 4.57 Å². The van der Waals surface area contributed by atoms with Crippen molar-refractivity contribution in [3.63, 3.8) is 0 Å². The van der Waals surface area contributed by atoms with Gasteiger partial charge in [0.2, 0.25) is 0 Å². The summed E-state index contributed by atoms with van der Waals surface area (Å²) in [5.41, 5.74) is 2.15. The van der Waals surface area contributed by atoms with Gasteiger partial charge in [0.25, 0.3) is 0 Å². The molecule has 1 aromatic carbocycles. The molecular formula is C22H25ClN2O3. The van der Waals surface area contributed by atoms with Crippen molar-refractivity contribution in [2.24, 2.45) is 5.92 Å². The molecule has 0 bridgehead atoms. The molecule has 0 radical (unpaired) electrons. The van der Waals surface area contributed by atoms with Gasteiger partial charge in [0.1, 0.15) is 11.5 Å². The van der Waals surface area contributed by atoms with E-state index in [2.05, 4.69) is 4.98 Å². The van der Waals surface area contributed by atoms with Crippen molar-refractivity contribution >= 4 is 29.9 Å². The van der Waals surface area contributed by atoms with Crippen LogP contribution in [0.5, 0.6) is 0 Å². The summed E-state index contributed by atoms with van der Waals surface area (Å²) in [6.07, 6.45) is 9.55. The van der Waals surface area contributed by atoms with E-state index in [4.69, 9.17) is 11.6 Å². The van der Waals surface area contributed by atoms with Crippen LogP contribution in [0.4, 0.5) is 0 Å². The van der Waals surface area contributed by atoms with Gasteiger partial charge in [-0.3, -0.25) is 9.59 Å². The van der Waals surface area contributed by atoms with Crippen LogP contribution in [0.15, 0.2) is 30.3 Å². The Hall–Kier alpha value is -2.40. The van der Waals surface area contributed by atoms with Gasteiger partial charge in [-0.15, -0.1) is 0 Å². The van der Waals surface area contributed by atoms with E-state index in [1.807, 2.05) is 43.3 Å². The van der Waals surface area contributed by atoms with Crippen molar-refractivity contribution in [2.75, 3.05) is 0 Å². The van der Waals surface area contributed by atoms with Crippen LogP contribution in [0.3, 0.4) is 0 Å². The molecule has 1 fully saturated rings. The third kappa shape index (κ3) is 4.36. The molecule has 0 spiro atoms. The maximum Gasteiger partial charge on any atom is 0.311 e. The second-order valence-corrected chi connectivity index (χ2v) is 7.62. The standard InChI is InChI=1S/C22H25ClN2O3/c1-2-3-8-19-24-21(23)18(14-26)25(19)13-15-9-11-17(12-10-15)20(22(27)28)16-6-4-5-7-16/h3,8-12,14,16,20H,2,4-7,13H2,1H3,(H,27,28)/b8-3+. The van der Waals surface area contributed by atoms with Crippen LogP contribution in [0.25, 0.3) is 6.08 Å². The number of rotatable bonds is 8. The number of hydrogen-bond acceptors (Lipinski definition) is 3. The maximum absolute atomic E-state index is 11.8. The van der Waals surface area contributed by atoms with Crippen LogP contribution in [0, 0.1) is 5.92 Å². The summed E-state index contributed by atoms with van der Waals surface area (Å²) in [6, 6.07) is 7.65. The van der Waals surface area contributed by atoms with Crippen LogP contribution < -0.4 is 0 Å². The molecular weight excluding hydrogens is 376 g/mol. The largest absolute Gasteiger partial charge is 0.481 e. The van der Waals surface area contributed by atoms with Crippen LogP contribution in [-0.4, -0.2) is 26.9 Å². The summed E-state index contributed by atoms with van der Waals surface area (Å²) >= 11 is 6.11. The fraction of sp³-hybridized carbons (Fsp3) is 0.409. The predicted octanol–water partition coefficient (Wildman–Crippen LogP) is 5.18. The minimum Gasteiger partial charge on any atom is -0.481 e. The maximum atomic E-state index is 11.8. The lowest BCUT2D eigenvalue weighted by Crippen LogP contribution is -2.19. The van der Waals surface area contributed by atoms with E-state index in [-0.39, 0.29) is 11.1 Å². The van der Waals surface area contributed by atoms with Crippen molar-refractivity contribution in [2.45, 2.75) is 51.5 Å². The molecule has 1 N–H and O–H groups in total. The molecule has 0 aliphatic heterocycles. The second-order valence-electron chi connectivity index (χ2n) is 7.26. The van der Waals surface area contributed by atoms with Crippen LogP contribution in [0.2, 0.25) is 5.15 Å². The second kappa shape index (κ2) is 9.20. The molecule has 1 atom stereocenters. The number of hydrogen-bond donors (Lipinski definition) is 1. The van der Waals surface area contributed by atoms with Crippen LogP contribution >= 0.6 is 11.6 Å². The first-order valence-corrected chi connectivity index (χ1v) is 10.1. The van der Waals surface area contributed by atoms with Gasteiger partial charge in [-0.05, 0) is 42.4 Å². The van der Waals surface area contributed by atoms with Crippen molar-refractivity contribution in [3.05, 3.63) is 58.1 Å². The van der Waals surface area contributed by atoms with Crippen LogP contribution in [-0.2, 0) is 11.3 Å². The van der Waals surface area contributed by atoms with E-state index in [1.165, 1.54) is 0 Å². The smallest absolute Gasteiger partial charge is 0.311 e. The Kier molecular flexibility index (Phi) is 6.68. The van der Waals surface area contributed by atoms with Gasteiger partial charge in [-0.25, -0.2) is 4.98 Å². The summed E-state index contributed by atoms with van der Waals surface area (Å²) in [7, 11) is 0. The SMILES string of the molecule is CC/C=C/c1nc(Cl)c(C=O)n1Cc1ccc(C(C(=O)O)C2CCCC2)cc1. The van der Waals surface area contributed by atoms with Gasteiger partial charge in [0.15, 0.2) is 11.4 Å². The number of carboxylic acid groups (broad SMARTS) is 1. The lowest BCUT2D eigenvalue weighted by molar-refractivity contribution is -0.140. The number of halogens is 1. The first-order chi connectivity index (χ1) is 13.5. The lowest BCUT2D eigenvalue weighted by Gasteiger charge is -2.20. The van der Waals surface area contributed by atoms with E-state index in [0.717, 1.165) is 43.2 Å². The molecule has 148 valence electrons. The lowest BCUT2D eigenvalue weighted by atomic mass is 9.84. The van der Waals surface area contributed by atoms with Gasteiger partial charge in [0, 0.05) is 6.54 Å². The van der Waals surface area contributed by atoms with Crippen molar-refractivity contribution in [1.29, 1.82) is 0 Å². The number of carboxylic acids is 1. The molecule has 1 aromatic heterocycles. The molecule has 0 saturated heterocycles. The van der Waals surface area contributed by atoms with Gasteiger partial charge < -0.3 is 9.67 Å². The van der Waals surface area contributed by atoms with Crippen molar-refractivity contribution < 1.29 is 14.7 Å². The van der Waals surface area contributed by atoms with E-state index in [0.29, 0.717) is 24.3 Å². The summed E-state index contributed by atoms with van der Waals surface area (Å²) < 4.78 is 1.78. The summed E-state index contributed by atoms with van der Waals surface area (Å²) in [6.45, 7) is 2.46. The van der Waals surface area contributed by atoms with Crippen LogP contribution in [0.1, 0.15) is 72.4 Å². The fourth-order valence-corrected chi connectivity index (χ4v) is 4.24. The van der Waals surface area contributed by atoms with E-state index in [9.17, 15) is 14.7 Å². The first-order valence-electron chi connectivity index (χ1n) is 9.74. The zero-order valence-electron chi connectivity index (χ0n) is 16.0. The van der Waals surface area contributed by atoms with Crippen molar-refractivity contribution in [3.8, 4) is 0 Å². The Morgan fingerprint density at radius 3 is 2.57 bits per heavy atom. The molecule has 28 heavy (non-hydrogen) atoms. The molecule has 1 unspecified atom stereocenters. The van der Waals surface area contributed by atoms with Gasteiger partial charge in [-0.1, -0.05) is 61.7 Å². The fourth-order valence-electron chi connectivity index (χ4n) is 4.00. The zero-order valence-corrected chi connectivity index (χ0v) is 16.7. The number of aldehydes is 1. The molecule has 0 amide bonds. The first kappa shape index (κ1) is 20.3. The third-order valence-electron chi connectivity index (χ3n) is 5.42. The topological polar surface area (TPSA) is 72.2 Å². The molecule has 2 aromatic rings. The molecule has 3 rings (SSSR count). The zero-order chi connectivity index (χ0) is 20.1. The van der Waals surface area contributed by atoms with Crippen molar-refractivity contribution in [1.82, 2.24) is 9.55 Å². The van der Waals surface area contributed by atoms with Gasteiger partial charge in [0.05, 0.1) is 5.92 Å². The predicted molar refractivity (Wildman–Crippen MR) is 110 cm³/mol. The molecule has 5 nitrogen and oxygen atoms in total. The number of carbonyl (C=O) groups is 2. The molecule has 6 heteroatoms. The number of allylic oxidation sites excluding steroid dienone is 1. The molecule has 1 aliphatic carbocycles. The number of benzene rings is 1. The summed E-state index contributed by atoms with van der Waals surface area (Å²) in [5, 5.41) is 9.90. The summed E-state index contributed by atoms with van der Waals surface area (Å²) in [5.74, 6) is -0.361. The minimum absolute atomic E-state index is 0.189. The number of aliphatic carboxylic acids is 1. The Bertz CT molecular complexity index is 865. The quantitative estimate of drug-likeness (QED) is 0.619. The summed E-state index contributed by atoms with van der Waals surface area (Å²) in [4.78, 5) is 27.5. The van der Waals surface area contributed by atoms with E-state index >= 15 is 0 Å². The highest BCUT2D eigenvalue weighted by atomic mass is 35.5. The highest BCUT2D eigenvalue weighted by Gasteiger charge is 2.31. The Morgan fingerprint density at radius 2 is 2.00 bits per heavy atom. The highest BCUT2D eigenvalue weighted by Crippen LogP contribution is 2.37. The highest BCUT2D eigenvalue weighted by molar-refractivity contribution is 6.31. The molecule has 1 saturated carbocycles. The Labute approximate surface area is 170 Å². The number of nitrogens with zero attached hydrogens (tertiary/aromatic N) is 2. The van der Waals surface area contributed by atoms with E-state index < -0.39 is 11.9 Å². The molecule has 1 heterocycles.